The molecular weight excluding hydrogens is 132 g/mol. The fourth-order valence-corrected chi connectivity index (χ4v) is 1.33. The third-order valence-corrected chi connectivity index (χ3v) is 2.20. The number of hydrogen-bond donors (Lipinski definition) is 3. The summed E-state index contributed by atoms with van der Waals surface area (Å²) in [6.45, 7) is 1.87. The maximum Gasteiger partial charge on any atom is 0.0823 e. The fraction of sp³-hybridized carbons (Fsp3) is 1.00. The molecule has 0 aromatic heterocycles. The van der Waals surface area contributed by atoms with Crippen molar-refractivity contribution in [1.82, 2.24) is 0 Å². The SMILES string of the molecule is C[C@@H]1C[C@@H](O)[C@H](O)C[C@@H]1O. The van der Waals surface area contributed by atoms with Gasteiger partial charge in [-0.3, -0.25) is 0 Å². The molecule has 0 aromatic rings. The van der Waals surface area contributed by atoms with Crippen LogP contribution in [0.1, 0.15) is 19.8 Å². The summed E-state index contributed by atoms with van der Waals surface area (Å²) in [7, 11) is 0. The van der Waals surface area contributed by atoms with Crippen molar-refractivity contribution in [1.29, 1.82) is 0 Å². The normalized spacial score (nSPS) is 49.2. The Morgan fingerprint density at radius 3 is 1.90 bits per heavy atom. The Balaban J connectivity index is 2.46. The van der Waals surface area contributed by atoms with Gasteiger partial charge in [0.2, 0.25) is 0 Å². The second-order valence-electron chi connectivity index (χ2n) is 3.15. The van der Waals surface area contributed by atoms with Crippen molar-refractivity contribution in [2.45, 2.75) is 38.1 Å². The van der Waals surface area contributed by atoms with Gasteiger partial charge in [0.15, 0.2) is 0 Å². The molecule has 1 aliphatic carbocycles. The number of rotatable bonds is 0. The first-order chi connectivity index (χ1) is 4.61. The van der Waals surface area contributed by atoms with Crippen LogP contribution in [-0.2, 0) is 0 Å². The molecular formula is C7H14O3. The highest BCUT2D eigenvalue weighted by Crippen LogP contribution is 2.24. The molecule has 0 saturated heterocycles. The monoisotopic (exact) mass is 146 g/mol. The highest BCUT2D eigenvalue weighted by atomic mass is 16.3. The Morgan fingerprint density at radius 2 is 1.40 bits per heavy atom. The van der Waals surface area contributed by atoms with Crippen molar-refractivity contribution < 1.29 is 15.3 Å². The molecule has 10 heavy (non-hydrogen) atoms. The molecule has 60 valence electrons. The topological polar surface area (TPSA) is 60.7 Å². The van der Waals surface area contributed by atoms with Crippen molar-refractivity contribution in [3.05, 3.63) is 0 Å². The summed E-state index contributed by atoms with van der Waals surface area (Å²) in [6.07, 6.45) is -1.01. The van der Waals surface area contributed by atoms with E-state index in [1.165, 1.54) is 0 Å². The van der Waals surface area contributed by atoms with Gasteiger partial charge in [0, 0.05) is 6.42 Å². The summed E-state index contributed by atoms with van der Waals surface area (Å²) in [6, 6.07) is 0. The fourth-order valence-electron chi connectivity index (χ4n) is 1.33. The molecule has 4 atom stereocenters. The van der Waals surface area contributed by atoms with Crippen molar-refractivity contribution in [2.24, 2.45) is 5.92 Å². The Bertz CT molecular complexity index is 89.4. The van der Waals surface area contributed by atoms with E-state index in [1.54, 1.807) is 0 Å². The Hall–Kier alpha value is -0.120. The third-order valence-electron chi connectivity index (χ3n) is 2.20. The van der Waals surface area contributed by atoms with Crippen LogP contribution in [0.3, 0.4) is 0 Å². The molecule has 0 aliphatic heterocycles. The Labute approximate surface area is 60.3 Å². The molecule has 0 radical (unpaired) electrons. The summed E-state index contributed by atoms with van der Waals surface area (Å²) in [4.78, 5) is 0. The lowest BCUT2D eigenvalue weighted by molar-refractivity contribution is -0.0728. The van der Waals surface area contributed by atoms with E-state index in [0.717, 1.165) is 0 Å². The molecule has 1 saturated carbocycles. The van der Waals surface area contributed by atoms with Crippen LogP contribution in [0.4, 0.5) is 0 Å². The van der Waals surface area contributed by atoms with Crippen LogP contribution in [0.5, 0.6) is 0 Å². The minimum Gasteiger partial charge on any atom is -0.393 e. The lowest BCUT2D eigenvalue weighted by Gasteiger charge is -2.31. The zero-order chi connectivity index (χ0) is 7.72. The van der Waals surface area contributed by atoms with E-state index in [4.69, 9.17) is 10.2 Å². The molecule has 3 N–H and O–H groups in total. The molecule has 0 aromatic carbocycles. The van der Waals surface area contributed by atoms with Crippen LogP contribution in [0.2, 0.25) is 0 Å². The molecule has 0 unspecified atom stereocenters. The second-order valence-corrected chi connectivity index (χ2v) is 3.15. The summed E-state index contributed by atoms with van der Waals surface area (Å²) in [5.41, 5.74) is 0. The first-order valence-corrected chi connectivity index (χ1v) is 3.65. The zero-order valence-electron chi connectivity index (χ0n) is 6.07. The van der Waals surface area contributed by atoms with Gasteiger partial charge in [0.1, 0.15) is 0 Å². The summed E-state index contributed by atoms with van der Waals surface area (Å²) >= 11 is 0. The van der Waals surface area contributed by atoms with Gasteiger partial charge in [-0.25, -0.2) is 0 Å². The number of aliphatic hydroxyl groups is 3. The van der Waals surface area contributed by atoms with Gasteiger partial charge >= 0.3 is 0 Å². The summed E-state index contributed by atoms with van der Waals surface area (Å²) in [5, 5.41) is 27.4. The van der Waals surface area contributed by atoms with Crippen molar-refractivity contribution in [3.63, 3.8) is 0 Å². The van der Waals surface area contributed by atoms with Crippen molar-refractivity contribution >= 4 is 0 Å². The van der Waals surface area contributed by atoms with Crippen LogP contribution in [0, 0.1) is 5.92 Å². The quantitative estimate of drug-likeness (QED) is 0.431. The van der Waals surface area contributed by atoms with E-state index >= 15 is 0 Å². The molecule has 0 bridgehead atoms. The molecule has 0 spiro atoms. The van der Waals surface area contributed by atoms with Gasteiger partial charge in [-0.2, -0.15) is 0 Å². The van der Waals surface area contributed by atoms with E-state index in [9.17, 15) is 5.11 Å². The highest BCUT2D eigenvalue weighted by molar-refractivity contribution is 4.82. The van der Waals surface area contributed by atoms with E-state index in [-0.39, 0.29) is 5.92 Å². The summed E-state index contributed by atoms with van der Waals surface area (Å²) < 4.78 is 0. The Morgan fingerprint density at radius 1 is 0.900 bits per heavy atom. The smallest absolute Gasteiger partial charge is 0.0823 e. The van der Waals surface area contributed by atoms with Gasteiger partial charge < -0.3 is 15.3 Å². The molecule has 0 heterocycles. The maximum atomic E-state index is 9.19. The second kappa shape index (κ2) is 2.86. The molecule has 1 fully saturated rings. The zero-order valence-corrected chi connectivity index (χ0v) is 6.07. The lowest BCUT2D eigenvalue weighted by Crippen LogP contribution is -2.40. The van der Waals surface area contributed by atoms with Crippen LogP contribution in [0.15, 0.2) is 0 Å². The van der Waals surface area contributed by atoms with E-state index < -0.39 is 18.3 Å². The van der Waals surface area contributed by atoms with E-state index in [0.29, 0.717) is 12.8 Å². The first-order valence-electron chi connectivity index (χ1n) is 3.65. The standard InChI is InChI=1S/C7H14O3/c1-4-2-6(9)7(10)3-5(4)8/h4-10H,2-3H2,1H3/t4-,5+,6-,7-/m1/s1. The molecule has 1 aliphatic rings. The van der Waals surface area contributed by atoms with Crippen LogP contribution < -0.4 is 0 Å². The molecule has 1 rings (SSSR count). The van der Waals surface area contributed by atoms with E-state index in [2.05, 4.69) is 0 Å². The van der Waals surface area contributed by atoms with Crippen molar-refractivity contribution in [3.8, 4) is 0 Å². The first kappa shape index (κ1) is 7.98. The molecule has 3 nitrogen and oxygen atoms in total. The average Bonchev–Trinajstić information content (AvgIpc) is 1.84. The van der Waals surface area contributed by atoms with Crippen LogP contribution in [-0.4, -0.2) is 33.6 Å². The minimum atomic E-state index is -0.730. The van der Waals surface area contributed by atoms with E-state index in [1.807, 2.05) is 6.92 Å². The van der Waals surface area contributed by atoms with Gasteiger partial charge in [0.05, 0.1) is 18.3 Å². The maximum absolute atomic E-state index is 9.19. The number of aliphatic hydroxyl groups excluding tert-OH is 3. The molecule has 3 heteroatoms. The average molecular weight is 146 g/mol. The predicted molar refractivity (Wildman–Crippen MR) is 36.4 cm³/mol. The minimum absolute atomic E-state index is 0.110. The van der Waals surface area contributed by atoms with Gasteiger partial charge in [-0.15, -0.1) is 0 Å². The van der Waals surface area contributed by atoms with Gasteiger partial charge in [-0.1, -0.05) is 6.92 Å². The molecule has 0 amide bonds. The summed E-state index contributed by atoms with van der Waals surface area (Å²) in [5.74, 6) is 0.110. The van der Waals surface area contributed by atoms with Gasteiger partial charge in [-0.05, 0) is 12.3 Å². The Kier molecular flexibility index (Phi) is 2.28. The van der Waals surface area contributed by atoms with Crippen LogP contribution >= 0.6 is 0 Å². The lowest BCUT2D eigenvalue weighted by atomic mass is 9.84. The van der Waals surface area contributed by atoms with Gasteiger partial charge in [0.25, 0.3) is 0 Å². The highest BCUT2D eigenvalue weighted by Gasteiger charge is 2.31. The van der Waals surface area contributed by atoms with Crippen molar-refractivity contribution in [2.75, 3.05) is 0 Å². The van der Waals surface area contributed by atoms with Crippen LogP contribution in [0.25, 0.3) is 0 Å². The predicted octanol–water partition coefficient (Wildman–Crippen LogP) is -0.501. The third kappa shape index (κ3) is 1.48. The largest absolute Gasteiger partial charge is 0.393 e. The number of hydrogen-bond acceptors (Lipinski definition) is 3.